The van der Waals surface area contributed by atoms with E-state index in [-0.39, 0.29) is 10.8 Å². The maximum atomic E-state index is 13.2. The topological polar surface area (TPSA) is 116 Å². The molecule has 2 aromatic heterocycles. The van der Waals surface area contributed by atoms with Crippen molar-refractivity contribution in [3.63, 3.8) is 0 Å². The molecule has 2 aromatic carbocycles. The minimum Gasteiger partial charge on any atom is -0.340 e. The van der Waals surface area contributed by atoms with E-state index in [9.17, 15) is 13.2 Å². The van der Waals surface area contributed by atoms with Gasteiger partial charge in [0.1, 0.15) is 16.8 Å². The second-order valence-electron chi connectivity index (χ2n) is 8.32. The predicted octanol–water partition coefficient (Wildman–Crippen LogP) is 4.72. The van der Waals surface area contributed by atoms with E-state index in [1.54, 1.807) is 30.5 Å². The second kappa shape index (κ2) is 10.4. The number of carbonyl (C=O) groups is 1. The number of anilines is 3. The molecule has 1 fully saturated rings. The monoisotopic (exact) mass is 576 g/mol. The lowest BCUT2D eigenvalue weighted by Crippen LogP contribution is -2.55. The Morgan fingerprint density at radius 2 is 1.92 bits per heavy atom. The van der Waals surface area contributed by atoms with Gasteiger partial charge >= 0.3 is 0 Å². The van der Waals surface area contributed by atoms with E-state index in [0.717, 1.165) is 15.8 Å². The van der Waals surface area contributed by atoms with Gasteiger partial charge in [-0.25, -0.2) is 18.4 Å². The molecule has 1 aliphatic heterocycles. The van der Waals surface area contributed by atoms with Gasteiger partial charge in [-0.3, -0.25) is 14.8 Å². The zero-order valence-corrected chi connectivity index (χ0v) is 22.6. The Morgan fingerprint density at radius 1 is 1.14 bits per heavy atom. The van der Waals surface area contributed by atoms with E-state index < -0.39 is 21.0 Å². The molecule has 0 saturated carbocycles. The average molecular weight is 578 g/mol. The van der Waals surface area contributed by atoms with Crippen LogP contribution in [0.5, 0.6) is 0 Å². The van der Waals surface area contributed by atoms with Crippen molar-refractivity contribution in [3.8, 4) is 0 Å². The molecule has 5 rings (SSSR count). The number of para-hydroxylation sites is 1. The first-order valence-corrected chi connectivity index (χ1v) is 14.4. The lowest BCUT2D eigenvalue weighted by molar-refractivity contribution is 0.0694. The number of pyridine rings is 1. The highest BCUT2D eigenvalue weighted by atomic mass is 35.5. The first kappa shape index (κ1) is 25.7. The van der Waals surface area contributed by atoms with E-state index >= 15 is 0 Å². The summed E-state index contributed by atoms with van der Waals surface area (Å²) in [4.78, 5) is 23.5. The Bertz CT molecular complexity index is 1560. The van der Waals surface area contributed by atoms with Crippen LogP contribution in [-0.2, 0) is 10.0 Å². The van der Waals surface area contributed by atoms with Crippen molar-refractivity contribution in [2.75, 3.05) is 23.1 Å². The fourth-order valence-electron chi connectivity index (χ4n) is 3.91. The number of alkyl halides is 2. The maximum absolute atomic E-state index is 13.2. The van der Waals surface area contributed by atoms with Crippen molar-refractivity contribution in [1.82, 2.24) is 20.2 Å². The molecule has 2 unspecified atom stereocenters. The average Bonchev–Trinajstić information content (AvgIpc) is 3.29. The molecular weight excluding hydrogens is 555 g/mol. The predicted molar refractivity (Wildman–Crippen MR) is 147 cm³/mol. The number of nitrogens with zero attached hydrogens (tertiary/aromatic N) is 3. The summed E-state index contributed by atoms with van der Waals surface area (Å²) in [6.45, 7) is 2.85. The van der Waals surface area contributed by atoms with Crippen molar-refractivity contribution in [1.29, 1.82) is 0 Å². The van der Waals surface area contributed by atoms with Crippen LogP contribution < -0.4 is 15.4 Å². The van der Waals surface area contributed by atoms with Crippen LogP contribution >= 0.6 is 34.5 Å². The van der Waals surface area contributed by atoms with Gasteiger partial charge in [0.25, 0.3) is 15.9 Å². The van der Waals surface area contributed by atoms with Crippen molar-refractivity contribution in [2.24, 2.45) is 0 Å². The van der Waals surface area contributed by atoms with E-state index in [4.69, 9.17) is 23.2 Å². The van der Waals surface area contributed by atoms with Crippen LogP contribution in [-0.4, -0.2) is 53.3 Å². The smallest absolute Gasteiger partial charge is 0.263 e. The third kappa shape index (κ3) is 5.36. The van der Waals surface area contributed by atoms with Crippen molar-refractivity contribution < 1.29 is 13.2 Å². The van der Waals surface area contributed by atoms with Gasteiger partial charge in [-0.1, -0.05) is 35.1 Å². The zero-order chi connectivity index (χ0) is 26.2. The molecule has 1 aliphatic rings. The van der Waals surface area contributed by atoms with Crippen LogP contribution in [0.25, 0.3) is 10.2 Å². The van der Waals surface area contributed by atoms with Gasteiger partial charge < -0.3 is 10.2 Å². The molecule has 9 nitrogen and oxygen atoms in total. The number of thiazole rings is 1. The summed E-state index contributed by atoms with van der Waals surface area (Å²) < 4.78 is 29.4. The number of hydrogen-bond donors (Lipinski definition) is 3. The van der Waals surface area contributed by atoms with E-state index in [1.807, 2.05) is 25.1 Å². The summed E-state index contributed by atoms with van der Waals surface area (Å²) in [5.41, 5.74) is 1.34. The number of aromatic nitrogens is 2. The molecule has 1 amide bonds. The van der Waals surface area contributed by atoms with E-state index in [0.29, 0.717) is 35.3 Å². The van der Waals surface area contributed by atoms with Crippen molar-refractivity contribution in [2.45, 2.75) is 22.8 Å². The van der Waals surface area contributed by atoms with E-state index in [2.05, 4.69) is 25.3 Å². The Kier molecular flexibility index (Phi) is 7.24. The number of carbonyl (C=O) groups excluding carboxylic acids is 1. The molecule has 37 heavy (non-hydrogen) atoms. The molecule has 0 spiro atoms. The number of aryl methyl sites for hydroxylation is 1. The molecule has 0 bridgehead atoms. The first-order valence-electron chi connectivity index (χ1n) is 11.3. The minimum atomic E-state index is -3.85. The Labute approximate surface area is 227 Å². The molecule has 3 heterocycles. The summed E-state index contributed by atoms with van der Waals surface area (Å²) in [5, 5.41) is 6.41. The summed E-state index contributed by atoms with van der Waals surface area (Å²) in [5.74, 6) is 0.0109. The summed E-state index contributed by atoms with van der Waals surface area (Å²) in [6.07, 6.45) is 1.56. The number of amides is 1. The lowest BCUT2D eigenvalue weighted by atomic mass is 10.2. The number of benzene rings is 2. The molecule has 2 atom stereocenters. The first-order chi connectivity index (χ1) is 17.7. The summed E-state index contributed by atoms with van der Waals surface area (Å²) in [7, 11) is -3.85. The maximum Gasteiger partial charge on any atom is 0.263 e. The van der Waals surface area contributed by atoms with Gasteiger partial charge in [-0.15, -0.1) is 11.6 Å². The molecule has 1 saturated heterocycles. The van der Waals surface area contributed by atoms with Crippen LogP contribution in [0.1, 0.15) is 15.9 Å². The van der Waals surface area contributed by atoms with Crippen LogP contribution in [0.4, 0.5) is 16.6 Å². The highest BCUT2D eigenvalue weighted by Crippen LogP contribution is 2.30. The van der Waals surface area contributed by atoms with Gasteiger partial charge in [0, 0.05) is 25.0 Å². The lowest BCUT2D eigenvalue weighted by Gasteiger charge is -2.35. The number of hydrogen-bond acceptors (Lipinski definition) is 8. The van der Waals surface area contributed by atoms with Crippen LogP contribution in [0.15, 0.2) is 65.7 Å². The number of rotatable bonds is 6. The molecule has 4 aromatic rings. The third-order valence-electron chi connectivity index (χ3n) is 5.80. The number of halogens is 2. The summed E-state index contributed by atoms with van der Waals surface area (Å²) in [6, 6.07) is 15.2. The van der Waals surface area contributed by atoms with Gasteiger partial charge in [-0.05, 0) is 55.0 Å². The van der Waals surface area contributed by atoms with Crippen LogP contribution in [0.2, 0.25) is 0 Å². The second-order valence-corrected chi connectivity index (χ2v) is 12.0. The standard InChI is InChI=1S/C24H22Cl2N6O3S2/c1-14-4-2-6-18-19(14)30-24(36-18)31-37(34,35)16-9-7-15(8-10-16)29-22-17(5-3-11-28-22)23(33)32-13-12-27-20(25)21(32)26/h2-11,20-21,27H,12-13H2,1H3,(H,28,29)(H,30,31). The number of piperazine rings is 1. The number of fused-ring (bicyclic) bond motifs is 1. The summed E-state index contributed by atoms with van der Waals surface area (Å²) >= 11 is 13.8. The molecule has 0 radical (unpaired) electrons. The quantitative estimate of drug-likeness (QED) is 0.224. The number of nitrogens with one attached hydrogen (secondary N) is 3. The SMILES string of the molecule is Cc1cccc2sc(NS(=O)(=O)c3ccc(Nc4ncccc4C(=O)N4CCNC(Cl)C4Cl)cc3)nc12. The molecule has 13 heteroatoms. The van der Waals surface area contributed by atoms with E-state index in [1.165, 1.54) is 28.4 Å². The van der Waals surface area contributed by atoms with Crippen molar-refractivity contribution >= 4 is 77.3 Å². The Hall–Kier alpha value is -2.96. The fraction of sp³-hybridized carbons (Fsp3) is 0.208. The van der Waals surface area contributed by atoms with Gasteiger partial charge in [-0.2, -0.15) is 0 Å². The van der Waals surface area contributed by atoms with Crippen molar-refractivity contribution in [3.05, 3.63) is 71.9 Å². The highest BCUT2D eigenvalue weighted by Gasteiger charge is 2.33. The zero-order valence-electron chi connectivity index (χ0n) is 19.5. The Morgan fingerprint density at radius 3 is 2.68 bits per heavy atom. The van der Waals surface area contributed by atoms with Gasteiger partial charge in [0.15, 0.2) is 5.13 Å². The van der Waals surface area contributed by atoms with Gasteiger partial charge in [0.2, 0.25) is 0 Å². The Balaban J connectivity index is 1.33. The fourth-order valence-corrected chi connectivity index (χ4v) is 6.60. The number of sulfonamides is 1. The molecule has 3 N–H and O–H groups in total. The van der Waals surface area contributed by atoms with Crippen LogP contribution in [0, 0.1) is 6.92 Å². The normalized spacial score (nSPS) is 18.1. The molecular formula is C24H22Cl2N6O3S2. The molecule has 0 aliphatic carbocycles. The molecule has 192 valence electrons. The largest absolute Gasteiger partial charge is 0.340 e. The third-order valence-corrected chi connectivity index (χ3v) is 9.23. The van der Waals surface area contributed by atoms with Crippen LogP contribution in [0.3, 0.4) is 0 Å². The van der Waals surface area contributed by atoms with Gasteiger partial charge in [0.05, 0.1) is 20.7 Å². The minimum absolute atomic E-state index is 0.0744. The highest BCUT2D eigenvalue weighted by molar-refractivity contribution is 7.93.